The largest absolute Gasteiger partial charge is 0.480 e. The summed E-state index contributed by atoms with van der Waals surface area (Å²) < 4.78 is 0. The van der Waals surface area contributed by atoms with E-state index in [0.29, 0.717) is 11.7 Å². The predicted molar refractivity (Wildman–Crippen MR) is 64.1 cm³/mol. The van der Waals surface area contributed by atoms with Crippen molar-refractivity contribution in [3.8, 4) is 0 Å². The van der Waals surface area contributed by atoms with Crippen LogP contribution in [0, 0.1) is 5.92 Å². The van der Waals surface area contributed by atoms with Gasteiger partial charge in [0.1, 0.15) is 6.04 Å². The number of aliphatic carboxylic acids is 1. The van der Waals surface area contributed by atoms with Gasteiger partial charge in [0.25, 0.3) is 0 Å². The monoisotopic (exact) mass is 231 g/mol. The van der Waals surface area contributed by atoms with Gasteiger partial charge in [-0.3, -0.25) is 10.1 Å². The van der Waals surface area contributed by atoms with E-state index in [1.807, 2.05) is 0 Å². The summed E-state index contributed by atoms with van der Waals surface area (Å²) in [5, 5.41) is 12.2. The third-order valence-electron chi connectivity index (χ3n) is 3.21. The lowest BCUT2D eigenvalue weighted by Gasteiger charge is -2.30. The lowest BCUT2D eigenvalue weighted by molar-refractivity contribution is -0.138. The molecule has 15 heavy (non-hydrogen) atoms. The van der Waals surface area contributed by atoms with Crippen molar-refractivity contribution in [1.82, 2.24) is 5.32 Å². The first-order valence-electron chi connectivity index (χ1n) is 5.67. The van der Waals surface area contributed by atoms with E-state index in [-0.39, 0.29) is 10.9 Å². The van der Waals surface area contributed by atoms with Crippen molar-refractivity contribution >= 4 is 17.7 Å². The van der Waals surface area contributed by atoms with Gasteiger partial charge in [0.05, 0.1) is 4.87 Å². The van der Waals surface area contributed by atoms with Gasteiger partial charge in [-0.15, -0.1) is 11.8 Å². The van der Waals surface area contributed by atoms with Crippen LogP contribution in [0.3, 0.4) is 0 Å². The molecule has 3 atom stereocenters. The number of thioether (sulfide) groups is 1. The molecule has 0 spiro atoms. The number of carbonyl (C=O) groups is 1. The third-order valence-corrected chi connectivity index (χ3v) is 4.83. The van der Waals surface area contributed by atoms with Crippen molar-refractivity contribution < 1.29 is 9.90 Å². The van der Waals surface area contributed by atoms with Gasteiger partial charge in [-0.25, -0.2) is 0 Å². The van der Waals surface area contributed by atoms with E-state index in [1.165, 1.54) is 0 Å². The number of hydrogen-bond donors (Lipinski definition) is 2. The standard InChI is InChI=1S/C11H21NO2S/c1-4-8(3)6-11(5-2)12-9(7-15-11)10(13)14/h8-9,12H,4-7H2,1-3H3,(H,13,14)/t8?,9-,11?/m1/s1. The smallest absolute Gasteiger partial charge is 0.321 e. The lowest BCUT2D eigenvalue weighted by atomic mass is 9.96. The van der Waals surface area contributed by atoms with Crippen molar-refractivity contribution in [2.24, 2.45) is 5.92 Å². The average Bonchev–Trinajstić information content (AvgIpc) is 2.63. The summed E-state index contributed by atoms with van der Waals surface area (Å²) in [6, 6.07) is -0.362. The molecule has 3 nitrogen and oxygen atoms in total. The molecular weight excluding hydrogens is 210 g/mol. The minimum absolute atomic E-state index is 0.00150. The molecule has 0 bridgehead atoms. The maximum atomic E-state index is 10.9. The molecule has 0 saturated carbocycles. The summed E-state index contributed by atoms with van der Waals surface area (Å²) >= 11 is 1.78. The van der Waals surface area contributed by atoms with Crippen LogP contribution in [0.4, 0.5) is 0 Å². The molecule has 1 heterocycles. The van der Waals surface area contributed by atoms with Crippen LogP contribution in [0.2, 0.25) is 0 Å². The maximum Gasteiger partial charge on any atom is 0.321 e. The quantitative estimate of drug-likeness (QED) is 0.762. The van der Waals surface area contributed by atoms with Gasteiger partial charge in [0, 0.05) is 5.75 Å². The highest BCUT2D eigenvalue weighted by molar-refractivity contribution is 8.00. The Kier molecular flexibility index (Phi) is 4.46. The fourth-order valence-electron chi connectivity index (χ4n) is 1.95. The number of carboxylic acids is 1. The molecule has 1 aliphatic rings. The molecule has 88 valence electrons. The van der Waals surface area contributed by atoms with Crippen LogP contribution in [0.25, 0.3) is 0 Å². The van der Waals surface area contributed by atoms with Crippen molar-refractivity contribution in [3.05, 3.63) is 0 Å². The molecule has 0 radical (unpaired) electrons. The Morgan fingerprint density at radius 3 is 2.73 bits per heavy atom. The molecule has 2 unspecified atom stereocenters. The second-order valence-corrected chi connectivity index (χ2v) is 5.82. The van der Waals surface area contributed by atoms with Crippen LogP contribution in [0.1, 0.15) is 40.0 Å². The van der Waals surface area contributed by atoms with Gasteiger partial charge in [0.15, 0.2) is 0 Å². The number of hydrogen-bond acceptors (Lipinski definition) is 3. The summed E-state index contributed by atoms with van der Waals surface area (Å²) in [7, 11) is 0. The molecular formula is C11H21NO2S. The Morgan fingerprint density at radius 1 is 1.67 bits per heavy atom. The van der Waals surface area contributed by atoms with Gasteiger partial charge in [0.2, 0.25) is 0 Å². The molecule has 1 saturated heterocycles. The summed E-state index contributed by atoms with van der Waals surface area (Å²) in [5.41, 5.74) is 0. The normalized spacial score (nSPS) is 32.9. The summed E-state index contributed by atoms with van der Waals surface area (Å²) in [5.74, 6) is 0.624. The first-order chi connectivity index (χ1) is 7.03. The zero-order valence-corrected chi connectivity index (χ0v) is 10.6. The highest BCUT2D eigenvalue weighted by atomic mass is 32.2. The fraction of sp³-hybridized carbons (Fsp3) is 0.909. The van der Waals surface area contributed by atoms with E-state index in [4.69, 9.17) is 5.11 Å². The lowest BCUT2D eigenvalue weighted by Crippen LogP contribution is -2.45. The van der Waals surface area contributed by atoms with Gasteiger partial charge >= 0.3 is 5.97 Å². The summed E-state index contributed by atoms with van der Waals surface area (Å²) in [6.45, 7) is 6.54. The van der Waals surface area contributed by atoms with Crippen LogP contribution in [0.5, 0.6) is 0 Å². The molecule has 2 N–H and O–H groups in total. The van der Waals surface area contributed by atoms with E-state index < -0.39 is 5.97 Å². The van der Waals surface area contributed by atoms with E-state index >= 15 is 0 Å². The van der Waals surface area contributed by atoms with Gasteiger partial charge < -0.3 is 5.11 Å². The van der Waals surface area contributed by atoms with E-state index in [1.54, 1.807) is 11.8 Å². The Hall–Kier alpha value is -0.220. The van der Waals surface area contributed by atoms with Crippen molar-refractivity contribution in [2.75, 3.05) is 5.75 Å². The Balaban J connectivity index is 2.60. The SMILES string of the molecule is CCC(C)CC1(CC)N[C@@H](C(=O)O)CS1. The molecule has 1 fully saturated rings. The summed E-state index contributed by atoms with van der Waals surface area (Å²) in [6.07, 6.45) is 3.21. The second-order valence-electron chi connectivity index (χ2n) is 4.41. The minimum atomic E-state index is -0.720. The number of carboxylic acid groups (broad SMARTS) is 1. The number of rotatable bonds is 5. The summed E-state index contributed by atoms with van der Waals surface area (Å²) in [4.78, 5) is 10.9. The molecule has 0 amide bonds. The first kappa shape index (κ1) is 12.8. The molecule has 1 rings (SSSR count). The predicted octanol–water partition coefficient (Wildman–Crippen LogP) is 2.32. The van der Waals surface area contributed by atoms with Crippen LogP contribution < -0.4 is 5.32 Å². The van der Waals surface area contributed by atoms with E-state index in [0.717, 1.165) is 19.3 Å². The third kappa shape index (κ3) is 3.11. The molecule has 4 heteroatoms. The highest BCUT2D eigenvalue weighted by Gasteiger charge is 2.41. The molecule has 0 aromatic heterocycles. The molecule has 0 aromatic rings. The highest BCUT2D eigenvalue weighted by Crippen LogP contribution is 2.39. The van der Waals surface area contributed by atoms with E-state index in [2.05, 4.69) is 26.1 Å². The van der Waals surface area contributed by atoms with Crippen LogP contribution in [-0.2, 0) is 4.79 Å². The topological polar surface area (TPSA) is 49.3 Å². The van der Waals surface area contributed by atoms with Crippen molar-refractivity contribution in [3.63, 3.8) is 0 Å². The Labute approximate surface area is 96.0 Å². The fourth-order valence-corrected chi connectivity index (χ4v) is 3.49. The molecule has 0 aliphatic carbocycles. The Morgan fingerprint density at radius 2 is 2.33 bits per heavy atom. The molecule has 0 aromatic carbocycles. The Bertz CT molecular complexity index is 235. The van der Waals surface area contributed by atoms with Gasteiger partial charge in [-0.1, -0.05) is 27.2 Å². The van der Waals surface area contributed by atoms with Crippen molar-refractivity contribution in [2.45, 2.75) is 50.9 Å². The second kappa shape index (κ2) is 5.21. The van der Waals surface area contributed by atoms with Crippen LogP contribution in [0.15, 0.2) is 0 Å². The minimum Gasteiger partial charge on any atom is -0.480 e. The number of nitrogens with one attached hydrogen (secondary N) is 1. The van der Waals surface area contributed by atoms with Crippen molar-refractivity contribution in [1.29, 1.82) is 0 Å². The van der Waals surface area contributed by atoms with Gasteiger partial charge in [-0.2, -0.15) is 0 Å². The first-order valence-corrected chi connectivity index (χ1v) is 6.66. The zero-order chi connectivity index (χ0) is 11.5. The molecule has 1 aliphatic heterocycles. The zero-order valence-electron chi connectivity index (χ0n) is 9.75. The maximum absolute atomic E-state index is 10.9. The van der Waals surface area contributed by atoms with E-state index in [9.17, 15) is 4.79 Å². The van der Waals surface area contributed by atoms with Crippen LogP contribution in [-0.4, -0.2) is 27.7 Å². The average molecular weight is 231 g/mol. The van der Waals surface area contributed by atoms with Crippen LogP contribution >= 0.6 is 11.8 Å². The van der Waals surface area contributed by atoms with Gasteiger partial charge in [-0.05, 0) is 18.8 Å².